The first-order valence-corrected chi connectivity index (χ1v) is 5.89. The molecular formula is C13H17NO3. The van der Waals surface area contributed by atoms with Crippen molar-refractivity contribution in [1.29, 1.82) is 0 Å². The number of rotatable bonds is 3. The molecule has 1 aliphatic heterocycles. The minimum Gasteiger partial charge on any atom is -0.490 e. The lowest BCUT2D eigenvalue weighted by atomic mass is 10.00. The van der Waals surface area contributed by atoms with Gasteiger partial charge in [0.2, 0.25) is 0 Å². The fraction of sp³-hybridized carbons (Fsp3) is 0.462. The topological polar surface area (TPSA) is 61.5 Å². The molecule has 1 atom stereocenters. The zero-order chi connectivity index (χ0) is 12.3. The highest BCUT2D eigenvalue weighted by molar-refractivity contribution is 5.70. The van der Waals surface area contributed by atoms with Crippen LogP contribution in [-0.4, -0.2) is 18.7 Å². The van der Waals surface area contributed by atoms with Crippen molar-refractivity contribution in [2.45, 2.75) is 32.3 Å². The molecule has 1 aromatic rings. The molecular weight excluding hydrogens is 218 g/mol. The molecule has 92 valence electrons. The van der Waals surface area contributed by atoms with Crippen LogP contribution < -0.4 is 10.5 Å². The monoisotopic (exact) mass is 235 g/mol. The summed E-state index contributed by atoms with van der Waals surface area (Å²) in [5, 5.41) is 0. The predicted octanol–water partition coefficient (Wildman–Crippen LogP) is 1.92. The number of hydrogen-bond donors (Lipinski definition) is 1. The van der Waals surface area contributed by atoms with Crippen LogP contribution in [0.3, 0.4) is 0 Å². The summed E-state index contributed by atoms with van der Waals surface area (Å²) in [4.78, 5) is 11.4. The maximum absolute atomic E-state index is 11.4. The second-order valence-electron chi connectivity index (χ2n) is 4.15. The summed E-state index contributed by atoms with van der Waals surface area (Å²) < 4.78 is 10.7. The Kier molecular flexibility index (Phi) is 3.52. The molecule has 1 aromatic carbocycles. The van der Waals surface area contributed by atoms with Crippen LogP contribution in [0.25, 0.3) is 0 Å². The van der Waals surface area contributed by atoms with Crippen LogP contribution in [0.2, 0.25) is 0 Å². The zero-order valence-corrected chi connectivity index (χ0v) is 9.94. The number of ether oxygens (including phenoxy) is 2. The summed E-state index contributed by atoms with van der Waals surface area (Å²) in [5.41, 5.74) is 7.57. The van der Waals surface area contributed by atoms with E-state index in [1.54, 1.807) is 6.92 Å². The van der Waals surface area contributed by atoms with E-state index in [0.717, 1.165) is 29.8 Å². The van der Waals surface area contributed by atoms with Crippen molar-refractivity contribution in [1.82, 2.24) is 0 Å². The second-order valence-corrected chi connectivity index (χ2v) is 4.15. The molecule has 0 unspecified atom stereocenters. The van der Waals surface area contributed by atoms with Crippen LogP contribution in [0.15, 0.2) is 18.2 Å². The number of hydrogen-bond acceptors (Lipinski definition) is 4. The fourth-order valence-electron chi connectivity index (χ4n) is 2.01. The standard InChI is InChI=1S/C13H17NO3/c1-2-16-13(15)8-11-5-3-9-7-10(14)4-6-12(9)17-11/h4,6-7,11H,2-3,5,8,14H2,1H3/t11-/m0/s1. The van der Waals surface area contributed by atoms with E-state index < -0.39 is 0 Å². The number of nitrogens with two attached hydrogens (primary N) is 1. The van der Waals surface area contributed by atoms with Gasteiger partial charge >= 0.3 is 5.97 Å². The van der Waals surface area contributed by atoms with Gasteiger partial charge in [0.25, 0.3) is 0 Å². The van der Waals surface area contributed by atoms with Crippen molar-refractivity contribution in [2.75, 3.05) is 12.3 Å². The highest BCUT2D eigenvalue weighted by atomic mass is 16.5. The molecule has 4 nitrogen and oxygen atoms in total. The Bertz CT molecular complexity index is 417. The SMILES string of the molecule is CCOC(=O)C[C@@H]1CCc2cc(N)ccc2O1. The number of esters is 1. The van der Waals surface area contributed by atoms with Crippen molar-refractivity contribution in [3.63, 3.8) is 0 Å². The molecule has 0 bridgehead atoms. The second kappa shape index (κ2) is 5.08. The average Bonchev–Trinajstić information content (AvgIpc) is 2.29. The molecule has 0 aliphatic carbocycles. The van der Waals surface area contributed by atoms with Crippen LogP contribution in [0, 0.1) is 0 Å². The Morgan fingerprint density at radius 3 is 3.18 bits per heavy atom. The first kappa shape index (κ1) is 11.8. The molecule has 2 N–H and O–H groups in total. The minimum atomic E-state index is -0.198. The summed E-state index contributed by atoms with van der Waals surface area (Å²) in [6, 6.07) is 5.60. The van der Waals surface area contributed by atoms with Crippen LogP contribution in [0.1, 0.15) is 25.3 Å². The van der Waals surface area contributed by atoms with E-state index in [0.29, 0.717) is 13.0 Å². The van der Waals surface area contributed by atoms with Gasteiger partial charge < -0.3 is 15.2 Å². The zero-order valence-electron chi connectivity index (χ0n) is 9.94. The Morgan fingerprint density at radius 2 is 2.41 bits per heavy atom. The van der Waals surface area contributed by atoms with E-state index in [-0.39, 0.29) is 12.1 Å². The van der Waals surface area contributed by atoms with E-state index in [1.807, 2.05) is 18.2 Å². The summed E-state index contributed by atoms with van der Waals surface area (Å²) in [6.45, 7) is 2.22. The molecule has 1 heterocycles. The van der Waals surface area contributed by atoms with Gasteiger partial charge in [-0.2, -0.15) is 0 Å². The van der Waals surface area contributed by atoms with Gasteiger partial charge in [-0.05, 0) is 43.5 Å². The van der Waals surface area contributed by atoms with E-state index in [4.69, 9.17) is 15.2 Å². The van der Waals surface area contributed by atoms with Crippen molar-refractivity contribution < 1.29 is 14.3 Å². The fourth-order valence-corrected chi connectivity index (χ4v) is 2.01. The number of benzene rings is 1. The van der Waals surface area contributed by atoms with Gasteiger partial charge in [-0.3, -0.25) is 4.79 Å². The third kappa shape index (κ3) is 2.90. The maximum atomic E-state index is 11.4. The van der Waals surface area contributed by atoms with Gasteiger partial charge in [-0.25, -0.2) is 0 Å². The maximum Gasteiger partial charge on any atom is 0.309 e. The van der Waals surface area contributed by atoms with Crippen LogP contribution in [0.5, 0.6) is 5.75 Å². The van der Waals surface area contributed by atoms with E-state index in [9.17, 15) is 4.79 Å². The van der Waals surface area contributed by atoms with Crippen molar-refractivity contribution >= 4 is 11.7 Å². The molecule has 0 saturated carbocycles. The molecule has 0 amide bonds. The molecule has 17 heavy (non-hydrogen) atoms. The Hall–Kier alpha value is -1.71. The van der Waals surface area contributed by atoms with Gasteiger partial charge in [0.15, 0.2) is 0 Å². The summed E-state index contributed by atoms with van der Waals surface area (Å²) in [7, 11) is 0. The Morgan fingerprint density at radius 1 is 1.59 bits per heavy atom. The first-order valence-electron chi connectivity index (χ1n) is 5.89. The lowest BCUT2D eigenvalue weighted by Gasteiger charge is -2.25. The molecule has 0 fully saturated rings. The summed E-state index contributed by atoms with van der Waals surface area (Å²) >= 11 is 0. The quantitative estimate of drug-likeness (QED) is 0.642. The van der Waals surface area contributed by atoms with Crippen molar-refractivity contribution in [3.8, 4) is 5.75 Å². The average molecular weight is 235 g/mol. The highest BCUT2D eigenvalue weighted by Crippen LogP contribution is 2.30. The number of aryl methyl sites for hydroxylation is 1. The van der Waals surface area contributed by atoms with Gasteiger partial charge in [0.1, 0.15) is 11.9 Å². The molecule has 1 aliphatic rings. The summed E-state index contributed by atoms with van der Waals surface area (Å²) in [5.74, 6) is 0.635. The lowest BCUT2D eigenvalue weighted by molar-refractivity contribution is -0.145. The minimum absolute atomic E-state index is 0.0785. The van der Waals surface area contributed by atoms with Gasteiger partial charge in [0, 0.05) is 5.69 Å². The van der Waals surface area contributed by atoms with Crippen molar-refractivity contribution in [3.05, 3.63) is 23.8 Å². The largest absolute Gasteiger partial charge is 0.490 e. The molecule has 0 spiro atoms. The van der Waals surface area contributed by atoms with E-state index >= 15 is 0 Å². The van der Waals surface area contributed by atoms with Crippen LogP contribution in [0.4, 0.5) is 5.69 Å². The molecule has 0 saturated heterocycles. The normalized spacial score (nSPS) is 18.1. The molecule has 0 aromatic heterocycles. The predicted molar refractivity (Wildman–Crippen MR) is 64.8 cm³/mol. The Balaban J connectivity index is 1.99. The number of carbonyl (C=O) groups is 1. The number of carbonyl (C=O) groups excluding carboxylic acids is 1. The van der Waals surface area contributed by atoms with Crippen LogP contribution >= 0.6 is 0 Å². The smallest absolute Gasteiger partial charge is 0.309 e. The molecule has 4 heteroatoms. The van der Waals surface area contributed by atoms with Gasteiger partial charge in [-0.15, -0.1) is 0 Å². The lowest BCUT2D eigenvalue weighted by Crippen LogP contribution is -2.26. The number of fused-ring (bicyclic) bond motifs is 1. The summed E-state index contributed by atoms with van der Waals surface area (Å²) in [6.07, 6.45) is 1.96. The highest BCUT2D eigenvalue weighted by Gasteiger charge is 2.22. The molecule has 0 radical (unpaired) electrons. The van der Waals surface area contributed by atoms with E-state index in [2.05, 4.69) is 0 Å². The first-order chi connectivity index (χ1) is 8.19. The van der Waals surface area contributed by atoms with Gasteiger partial charge in [-0.1, -0.05) is 0 Å². The van der Waals surface area contributed by atoms with Crippen molar-refractivity contribution in [2.24, 2.45) is 0 Å². The third-order valence-electron chi connectivity index (χ3n) is 2.81. The Labute approximate surface area is 101 Å². The van der Waals surface area contributed by atoms with Crippen LogP contribution in [-0.2, 0) is 16.0 Å². The number of nitrogen functional groups attached to an aromatic ring is 1. The molecule has 2 rings (SSSR count). The number of anilines is 1. The van der Waals surface area contributed by atoms with E-state index in [1.165, 1.54) is 0 Å². The van der Waals surface area contributed by atoms with Gasteiger partial charge in [0.05, 0.1) is 13.0 Å². The third-order valence-corrected chi connectivity index (χ3v) is 2.81.